The molecule has 3 aliphatic rings. The Kier molecular flexibility index (Phi) is 7.27. The van der Waals surface area contributed by atoms with Gasteiger partial charge in [-0.1, -0.05) is 12.1 Å². The summed E-state index contributed by atoms with van der Waals surface area (Å²) in [6.45, 7) is -1.80. The molecule has 2 fully saturated rings. The number of ether oxygens (including phenoxy) is 1. The Morgan fingerprint density at radius 3 is 2.60 bits per heavy atom. The van der Waals surface area contributed by atoms with Gasteiger partial charge >= 0.3 is 18.3 Å². The van der Waals surface area contributed by atoms with E-state index in [2.05, 4.69) is 15.6 Å². The number of amides is 4. The SMILES string of the molecule is O=C1Nc2ncccc2C2(CCN(C(=O)N[C@@H]3CC[C@@H](c4cccc(F)c4F)CN(CC(F)(F)F)C3=O)CC2)O1. The average Bonchev–Trinajstić information content (AvgIpc) is 3.04. The Morgan fingerprint density at radius 1 is 1.12 bits per heavy atom. The molecule has 0 unspecified atom stereocenters. The smallest absolute Gasteiger partial charge is 0.413 e. The van der Waals surface area contributed by atoms with E-state index in [1.54, 1.807) is 12.1 Å². The maximum Gasteiger partial charge on any atom is 0.413 e. The summed E-state index contributed by atoms with van der Waals surface area (Å²) < 4.78 is 73.9. The summed E-state index contributed by atoms with van der Waals surface area (Å²) in [6.07, 6.45) is -3.42. The zero-order valence-electron chi connectivity index (χ0n) is 21.1. The monoisotopic (exact) mass is 567 g/mol. The van der Waals surface area contributed by atoms with Crippen LogP contribution >= 0.6 is 0 Å². The molecule has 2 N–H and O–H groups in total. The third kappa shape index (κ3) is 5.52. The van der Waals surface area contributed by atoms with Crippen LogP contribution in [0.4, 0.5) is 37.4 Å². The molecular formula is C26H26F5N5O4. The van der Waals surface area contributed by atoms with Crippen LogP contribution in [0.15, 0.2) is 36.5 Å². The zero-order valence-corrected chi connectivity index (χ0v) is 21.1. The Bertz CT molecular complexity index is 1310. The molecule has 0 saturated carbocycles. The van der Waals surface area contributed by atoms with Crippen molar-refractivity contribution in [1.82, 2.24) is 20.1 Å². The van der Waals surface area contributed by atoms with E-state index in [1.165, 1.54) is 23.2 Å². The minimum Gasteiger partial charge on any atom is -0.437 e. The third-order valence-electron chi connectivity index (χ3n) is 7.61. The van der Waals surface area contributed by atoms with E-state index in [9.17, 15) is 36.3 Å². The highest BCUT2D eigenvalue weighted by molar-refractivity contribution is 5.88. The molecule has 0 aliphatic carbocycles. The van der Waals surface area contributed by atoms with Gasteiger partial charge in [-0.15, -0.1) is 0 Å². The summed E-state index contributed by atoms with van der Waals surface area (Å²) in [5, 5.41) is 5.08. The molecule has 14 heteroatoms. The summed E-state index contributed by atoms with van der Waals surface area (Å²) in [5.41, 5.74) is -0.446. The molecule has 0 bridgehead atoms. The molecule has 4 amide bonds. The van der Waals surface area contributed by atoms with Crippen molar-refractivity contribution in [2.45, 2.75) is 49.4 Å². The average molecular weight is 568 g/mol. The molecule has 0 radical (unpaired) electrons. The minimum atomic E-state index is -4.74. The van der Waals surface area contributed by atoms with Gasteiger partial charge in [0.2, 0.25) is 5.91 Å². The summed E-state index contributed by atoms with van der Waals surface area (Å²) >= 11 is 0. The molecule has 5 rings (SSSR count). The number of hydrogen-bond donors (Lipinski definition) is 2. The molecule has 2 aromatic rings. The van der Waals surface area contributed by atoms with Gasteiger partial charge in [0, 0.05) is 50.2 Å². The van der Waals surface area contributed by atoms with E-state index in [0.717, 1.165) is 6.07 Å². The van der Waals surface area contributed by atoms with Crippen molar-refractivity contribution < 1.29 is 41.1 Å². The summed E-state index contributed by atoms with van der Waals surface area (Å²) in [7, 11) is 0. The number of fused-ring (bicyclic) bond motifs is 2. The number of nitrogens with zero attached hydrogens (tertiary/aromatic N) is 3. The van der Waals surface area contributed by atoms with Gasteiger partial charge in [0.25, 0.3) is 0 Å². The number of halogens is 5. The normalized spacial score (nSPS) is 22.7. The number of pyridine rings is 1. The Balaban J connectivity index is 1.29. The number of benzene rings is 1. The number of likely N-dealkylation sites (tertiary alicyclic amines) is 2. The summed E-state index contributed by atoms with van der Waals surface area (Å²) in [4.78, 5) is 44.5. The quantitative estimate of drug-likeness (QED) is 0.540. The van der Waals surface area contributed by atoms with E-state index in [0.29, 0.717) is 16.3 Å². The van der Waals surface area contributed by atoms with Crippen molar-refractivity contribution >= 4 is 23.8 Å². The lowest BCUT2D eigenvalue weighted by Gasteiger charge is -2.43. The lowest BCUT2D eigenvalue weighted by Crippen LogP contribution is -2.56. The van der Waals surface area contributed by atoms with Crippen LogP contribution in [0.2, 0.25) is 0 Å². The predicted molar refractivity (Wildman–Crippen MR) is 130 cm³/mol. The van der Waals surface area contributed by atoms with Crippen molar-refractivity contribution in [2.24, 2.45) is 0 Å². The number of nitrogens with one attached hydrogen (secondary N) is 2. The maximum absolute atomic E-state index is 14.5. The van der Waals surface area contributed by atoms with Crippen LogP contribution in [-0.2, 0) is 15.1 Å². The van der Waals surface area contributed by atoms with E-state index >= 15 is 0 Å². The van der Waals surface area contributed by atoms with Crippen LogP contribution in [0.3, 0.4) is 0 Å². The number of carbonyl (C=O) groups is 3. The van der Waals surface area contributed by atoms with Gasteiger partial charge in [0.15, 0.2) is 11.6 Å². The van der Waals surface area contributed by atoms with Crippen LogP contribution in [0.25, 0.3) is 0 Å². The maximum atomic E-state index is 14.5. The Labute approximate surface area is 225 Å². The van der Waals surface area contributed by atoms with Gasteiger partial charge in [0.1, 0.15) is 24.0 Å². The number of anilines is 1. The first-order valence-electron chi connectivity index (χ1n) is 12.8. The number of carbonyl (C=O) groups excluding carboxylic acids is 3. The van der Waals surface area contributed by atoms with Gasteiger partial charge in [-0.05, 0) is 36.6 Å². The standard InChI is InChI=1S/C26H26F5N5O4/c27-18-5-1-3-16(20(18)28)15-6-7-19(22(37)36(13-15)14-26(29,30)31)33-23(38)35-11-8-25(9-12-35)17-4-2-10-32-21(17)34-24(39)40-25/h1-5,10,15,19H,6-9,11-14H2,(H,33,38)(H,32,34,39)/t15-,19-/m1/s1. The van der Waals surface area contributed by atoms with Gasteiger partial charge in [0.05, 0.1) is 0 Å². The van der Waals surface area contributed by atoms with Crippen LogP contribution in [0.5, 0.6) is 0 Å². The van der Waals surface area contributed by atoms with E-state index in [4.69, 9.17) is 4.74 Å². The van der Waals surface area contributed by atoms with E-state index in [-0.39, 0.29) is 44.3 Å². The number of hydrogen-bond acceptors (Lipinski definition) is 5. The fourth-order valence-electron chi connectivity index (χ4n) is 5.65. The second-order valence-corrected chi connectivity index (χ2v) is 10.1. The van der Waals surface area contributed by atoms with Crippen molar-refractivity contribution in [3.63, 3.8) is 0 Å². The molecule has 4 heterocycles. The molecule has 3 aliphatic heterocycles. The van der Waals surface area contributed by atoms with Gasteiger partial charge < -0.3 is 19.9 Å². The number of urea groups is 1. The molecule has 1 spiro atoms. The Hall–Kier alpha value is -3.97. The first-order chi connectivity index (χ1) is 19.0. The van der Waals surface area contributed by atoms with Gasteiger partial charge in [-0.2, -0.15) is 13.2 Å². The van der Waals surface area contributed by atoms with Crippen LogP contribution in [-0.4, -0.2) is 71.2 Å². The second-order valence-electron chi connectivity index (χ2n) is 10.1. The number of aromatic nitrogens is 1. The molecular weight excluding hydrogens is 541 g/mol. The van der Waals surface area contributed by atoms with Crippen molar-refractivity contribution in [3.05, 3.63) is 59.3 Å². The summed E-state index contributed by atoms with van der Waals surface area (Å²) in [5.74, 6) is -3.80. The molecule has 1 aromatic carbocycles. The van der Waals surface area contributed by atoms with Crippen molar-refractivity contribution in [2.75, 3.05) is 31.5 Å². The highest BCUT2D eigenvalue weighted by Gasteiger charge is 2.46. The lowest BCUT2D eigenvalue weighted by molar-refractivity contribution is -0.162. The number of alkyl halides is 3. The first-order valence-corrected chi connectivity index (χ1v) is 12.8. The first kappa shape index (κ1) is 27.6. The zero-order chi connectivity index (χ0) is 28.7. The van der Waals surface area contributed by atoms with Crippen LogP contribution in [0, 0.1) is 11.6 Å². The number of piperidine rings is 1. The molecule has 40 heavy (non-hydrogen) atoms. The second kappa shape index (κ2) is 10.5. The predicted octanol–water partition coefficient (Wildman–Crippen LogP) is 4.26. The van der Waals surface area contributed by atoms with Gasteiger partial charge in [-0.25, -0.2) is 23.4 Å². The lowest BCUT2D eigenvalue weighted by atomic mass is 9.83. The molecule has 2 saturated heterocycles. The fourth-order valence-corrected chi connectivity index (χ4v) is 5.65. The Morgan fingerprint density at radius 2 is 1.88 bits per heavy atom. The molecule has 9 nitrogen and oxygen atoms in total. The van der Waals surface area contributed by atoms with E-state index in [1.807, 2.05) is 0 Å². The van der Waals surface area contributed by atoms with Crippen molar-refractivity contribution in [1.29, 1.82) is 0 Å². The summed E-state index contributed by atoms with van der Waals surface area (Å²) in [6, 6.07) is 4.95. The topological polar surface area (TPSA) is 104 Å². The highest BCUT2D eigenvalue weighted by Crippen LogP contribution is 2.42. The fraction of sp³-hybridized carbons (Fsp3) is 0.462. The largest absolute Gasteiger partial charge is 0.437 e. The number of rotatable bonds is 3. The minimum absolute atomic E-state index is 0.0429. The van der Waals surface area contributed by atoms with E-state index < -0.39 is 66.5 Å². The van der Waals surface area contributed by atoms with Crippen molar-refractivity contribution in [3.8, 4) is 0 Å². The highest BCUT2D eigenvalue weighted by atomic mass is 19.4. The molecule has 214 valence electrons. The van der Waals surface area contributed by atoms with Crippen LogP contribution in [0.1, 0.15) is 42.7 Å². The van der Waals surface area contributed by atoms with Gasteiger partial charge in [-0.3, -0.25) is 10.1 Å². The molecule has 1 aromatic heterocycles. The third-order valence-corrected chi connectivity index (χ3v) is 7.61. The molecule has 2 atom stereocenters. The van der Waals surface area contributed by atoms with Crippen LogP contribution < -0.4 is 10.6 Å².